The van der Waals surface area contributed by atoms with Crippen LogP contribution < -0.4 is 10.6 Å². The van der Waals surface area contributed by atoms with Gasteiger partial charge in [0.2, 0.25) is 5.91 Å². The minimum Gasteiger partial charge on any atom is -0.381 e. The van der Waals surface area contributed by atoms with Gasteiger partial charge in [-0.25, -0.2) is 0 Å². The van der Waals surface area contributed by atoms with Crippen LogP contribution in [0.3, 0.4) is 0 Å². The second kappa shape index (κ2) is 6.18. The first-order valence-corrected chi connectivity index (χ1v) is 6.04. The fraction of sp³-hybridized carbons (Fsp3) is 0.909. The molecule has 0 aromatic carbocycles. The van der Waals surface area contributed by atoms with Crippen LogP contribution in [0.4, 0.5) is 0 Å². The van der Waals surface area contributed by atoms with E-state index in [1.54, 1.807) is 0 Å². The van der Waals surface area contributed by atoms with Crippen LogP contribution in [0.25, 0.3) is 0 Å². The van der Waals surface area contributed by atoms with Crippen molar-refractivity contribution in [3.05, 3.63) is 0 Å². The lowest BCUT2D eigenvalue weighted by Crippen LogP contribution is -2.46. The Morgan fingerprint density at radius 1 is 1.44 bits per heavy atom. The molecule has 2 N–H and O–H groups in total. The number of ether oxygens (including phenoxy) is 2. The maximum absolute atomic E-state index is 11.8. The number of rotatable bonds is 3. The number of hydrogen-bond acceptors (Lipinski definition) is 4. The van der Waals surface area contributed by atoms with Crippen LogP contribution in [0, 0.1) is 5.92 Å². The number of nitrogens with one attached hydrogen (secondary N) is 2. The molecule has 0 aromatic rings. The summed E-state index contributed by atoms with van der Waals surface area (Å²) in [5.41, 5.74) is 0. The Bertz CT molecular complexity index is 223. The van der Waals surface area contributed by atoms with E-state index in [4.69, 9.17) is 9.47 Å². The third kappa shape index (κ3) is 3.43. The first-order chi connectivity index (χ1) is 7.86. The summed E-state index contributed by atoms with van der Waals surface area (Å²) in [6.07, 6.45) is 2.04. The summed E-state index contributed by atoms with van der Waals surface area (Å²) in [5.74, 6) is 0.138. The quantitative estimate of drug-likeness (QED) is 0.685. The molecule has 1 amide bonds. The Balaban J connectivity index is 1.65. The van der Waals surface area contributed by atoms with Gasteiger partial charge < -0.3 is 20.1 Å². The zero-order chi connectivity index (χ0) is 11.2. The fourth-order valence-electron chi connectivity index (χ4n) is 2.06. The summed E-state index contributed by atoms with van der Waals surface area (Å²) in [5, 5.41) is 6.18. The molecule has 2 atom stereocenters. The highest BCUT2D eigenvalue weighted by atomic mass is 16.5. The average molecular weight is 228 g/mol. The molecule has 0 spiro atoms. The third-order valence-electron chi connectivity index (χ3n) is 3.04. The van der Waals surface area contributed by atoms with Gasteiger partial charge in [0, 0.05) is 26.2 Å². The second-order valence-corrected chi connectivity index (χ2v) is 4.36. The highest BCUT2D eigenvalue weighted by Gasteiger charge is 2.22. The van der Waals surface area contributed by atoms with Crippen LogP contribution in [0.2, 0.25) is 0 Å². The number of carbonyl (C=O) groups excluding carboxylic acids is 1. The van der Waals surface area contributed by atoms with E-state index in [9.17, 15) is 4.79 Å². The minimum atomic E-state index is 0.0327. The van der Waals surface area contributed by atoms with Crippen molar-refractivity contribution in [3.63, 3.8) is 0 Å². The van der Waals surface area contributed by atoms with Crippen LogP contribution in [0.15, 0.2) is 0 Å². The summed E-state index contributed by atoms with van der Waals surface area (Å²) in [6.45, 7) is 4.41. The Labute approximate surface area is 95.9 Å². The molecule has 5 heteroatoms. The fourth-order valence-corrected chi connectivity index (χ4v) is 2.06. The summed E-state index contributed by atoms with van der Waals surface area (Å²) in [6, 6.07) is 0. The van der Waals surface area contributed by atoms with Crippen LogP contribution in [0.1, 0.15) is 12.8 Å². The summed E-state index contributed by atoms with van der Waals surface area (Å²) in [7, 11) is 0. The SMILES string of the molecule is O=C(NCC1CNCCO1)C1CCCOC1. The van der Waals surface area contributed by atoms with Gasteiger partial charge in [-0.1, -0.05) is 0 Å². The zero-order valence-electron chi connectivity index (χ0n) is 9.54. The monoisotopic (exact) mass is 228 g/mol. The molecule has 92 valence electrons. The van der Waals surface area contributed by atoms with Crippen LogP contribution in [0.5, 0.6) is 0 Å². The lowest BCUT2D eigenvalue weighted by molar-refractivity contribution is -0.129. The lowest BCUT2D eigenvalue weighted by Gasteiger charge is -2.26. The second-order valence-electron chi connectivity index (χ2n) is 4.36. The van der Waals surface area contributed by atoms with Crippen molar-refractivity contribution < 1.29 is 14.3 Å². The van der Waals surface area contributed by atoms with E-state index in [0.29, 0.717) is 13.2 Å². The molecular weight excluding hydrogens is 208 g/mol. The Morgan fingerprint density at radius 3 is 3.06 bits per heavy atom. The zero-order valence-corrected chi connectivity index (χ0v) is 9.54. The first kappa shape index (κ1) is 11.8. The number of carbonyl (C=O) groups is 1. The smallest absolute Gasteiger partial charge is 0.225 e. The molecule has 5 nitrogen and oxygen atoms in total. The molecule has 0 bridgehead atoms. The predicted molar refractivity (Wildman–Crippen MR) is 59.2 cm³/mol. The molecule has 2 rings (SSSR count). The first-order valence-electron chi connectivity index (χ1n) is 6.04. The molecule has 0 aromatic heterocycles. The van der Waals surface area contributed by atoms with Gasteiger partial charge in [-0.3, -0.25) is 4.79 Å². The highest BCUT2D eigenvalue weighted by molar-refractivity contribution is 5.78. The molecule has 2 fully saturated rings. The maximum Gasteiger partial charge on any atom is 0.225 e. The van der Waals surface area contributed by atoms with Crippen molar-refractivity contribution in [2.75, 3.05) is 39.5 Å². The van der Waals surface area contributed by atoms with E-state index < -0.39 is 0 Å². The standard InChI is InChI=1S/C11H20N2O3/c14-11(9-2-1-4-15-8-9)13-7-10-6-12-3-5-16-10/h9-10,12H,1-8H2,(H,13,14). The number of hydrogen-bond donors (Lipinski definition) is 2. The van der Waals surface area contributed by atoms with Crippen molar-refractivity contribution in [1.82, 2.24) is 10.6 Å². The molecule has 0 saturated carbocycles. The average Bonchev–Trinajstić information content (AvgIpc) is 2.38. The van der Waals surface area contributed by atoms with E-state index >= 15 is 0 Å². The van der Waals surface area contributed by atoms with E-state index in [0.717, 1.165) is 39.1 Å². The Kier molecular flexibility index (Phi) is 4.56. The highest BCUT2D eigenvalue weighted by Crippen LogP contribution is 2.13. The normalized spacial score (nSPS) is 31.0. The van der Waals surface area contributed by atoms with E-state index in [2.05, 4.69) is 10.6 Å². The lowest BCUT2D eigenvalue weighted by atomic mass is 10.0. The van der Waals surface area contributed by atoms with Crippen molar-refractivity contribution in [3.8, 4) is 0 Å². The van der Waals surface area contributed by atoms with Crippen LogP contribution >= 0.6 is 0 Å². The van der Waals surface area contributed by atoms with Crippen molar-refractivity contribution in [2.24, 2.45) is 5.92 Å². The number of morpholine rings is 1. The summed E-state index contributed by atoms with van der Waals surface area (Å²) >= 11 is 0. The van der Waals surface area contributed by atoms with Crippen molar-refractivity contribution in [2.45, 2.75) is 18.9 Å². The van der Waals surface area contributed by atoms with Gasteiger partial charge in [-0.2, -0.15) is 0 Å². The van der Waals surface area contributed by atoms with Crippen LogP contribution in [-0.2, 0) is 14.3 Å². The Hall–Kier alpha value is -0.650. The molecule has 2 heterocycles. The van der Waals surface area contributed by atoms with E-state index in [-0.39, 0.29) is 17.9 Å². The minimum absolute atomic E-state index is 0.0327. The van der Waals surface area contributed by atoms with Gasteiger partial charge >= 0.3 is 0 Å². The molecule has 16 heavy (non-hydrogen) atoms. The molecule has 0 radical (unpaired) electrons. The van der Waals surface area contributed by atoms with E-state index in [1.165, 1.54) is 0 Å². The van der Waals surface area contributed by atoms with Gasteiger partial charge in [-0.15, -0.1) is 0 Å². The summed E-state index contributed by atoms with van der Waals surface area (Å²) < 4.78 is 10.8. The molecule has 2 saturated heterocycles. The maximum atomic E-state index is 11.8. The number of amides is 1. The van der Waals surface area contributed by atoms with Gasteiger partial charge in [-0.05, 0) is 12.8 Å². The van der Waals surface area contributed by atoms with Gasteiger partial charge in [0.05, 0.1) is 25.2 Å². The molecule has 0 aliphatic carbocycles. The van der Waals surface area contributed by atoms with Crippen molar-refractivity contribution in [1.29, 1.82) is 0 Å². The van der Waals surface area contributed by atoms with Crippen molar-refractivity contribution >= 4 is 5.91 Å². The van der Waals surface area contributed by atoms with Gasteiger partial charge in [0.15, 0.2) is 0 Å². The van der Waals surface area contributed by atoms with Crippen LogP contribution in [-0.4, -0.2) is 51.5 Å². The topological polar surface area (TPSA) is 59.6 Å². The summed E-state index contributed by atoms with van der Waals surface area (Å²) in [4.78, 5) is 11.8. The van der Waals surface area contributed by atoms with Gasteiger partial charge in [0.25, 0.3) is 0 Å². The third-order valence-corrected chi connectivity index (χ3v) is 3.04. The molecule has 2 unspecified atom stereocenters. The Morgan fingerprint density at radius 2 is 2.38 bits per heavy atom. The molecule has 2 aliphatic heterocycles. The van der Waals surface area contributed by atoms with Gasteiger partial charge in [0.1, 0.15) is 0 Å². The molecule has 2 aliphatic rings. The predicted octanol–water partition coefficient (Wildman–Crippen LogP) is -0.482. The van der Waals surface area contributed by atoms with E-state index in [1.807, 2.05) is 0 Å². The molecular formula is C11H20N2O3. The largest absolute Gasteiger partial charge is 0.381 e.